The van der Waals surface area contributed by atoms with E-state index in [0.29, 0.717) is 13.0 Å². The zero-order valence-corrected chi connectivity index (χ0v) is 12.0. The summed E-state index contributed by atoms with van der Waals surface area (Å²) in [4.78, 5) is 23.8. The summed E-state index contributed by atoms with van der Waals surface area (Å²) in [7, 11) is -1.65. The highest BCUT2D eigenvalue weighted by atomic mass is 32.2. The van der Waals surface area contributed by atoms with E-state index in [1.165, 1.54) is 23.2 Å². The first-order chi connectivity index (χ1) is 8.74. The summed E-state index contributed by atoms with van der Waals surface area (Å²) >= 11 is 0. The van der Waals surface area contributed by atoms with Crippen molar-refractivity contribution in [2.45, 2.75) is 19.8 Å². The van der Waals surface area contributed by atoms with Crippen molar-refractivity contribution < 1.29 is 23.1 Å². The molecule has 1 amide bonds. The molecule has 1 N–H and O–H groups in total. The molecule has 19 heavy (non-hydrogen) atoms. The van der Waals surface area contributed by atoms with E-state index in [-0.39, 0.29) is 31.2 Å². The Bertz CT molecular complexity index is 448. The molecule has 1 aliphatic rings. The highest BCUT2D eigenvalue weighted by Crippen LogP contribution is 2.13. The first kappa shape index (κ1) is 15.9. The molecule has 1 fully saturated rings. The molecule has 0 aliphatic carbocycles. The first-order valence-corrected chi connectivity index (χ1v) is 7.79. The third kappa shape index (κ3) is 4.46. The summed E-state index contributed by atoms with van der Waals surface area (Å²) in [5, 5.41) is 8.76. The molecule has 1 aliphatic heterocycles. The zero-order chi connectivity index (χ0) is 14.6. The number of hydrogen-bond acceptors (Lipinski definition) is 4. The largest absolute Gasteiger partial charge is 0.481 e. The molecule has 1 heterocycles. The number of carbonyl (C=O) groups excluding carboxylic acids is 1. The van der Waals surface area contributed by atoms with Crippen LogP contribution in [-0.4, -0.2) is 67.0 Å². The van der Waals surface area contributed by atoms with Gasteiger partial charge in [-0.3, -0.25) is 9.59 Å². The van der Waals surface area contributed by atoms with Gasteiger partial charge in [-0.05, 0) is 6.42 Å². The van der Waals surface area contributed by atoms with E-state index in [1.54, 1.807) is 0 Å². The maximum Gasteiger partial charge on any atom is 0.308 e. The van der Waals surface area contributed by atoms with Gasteiger partial charge < -0.3 is 10.0 Å². The fourth-order valence-corrected chi connectivity index (χ4v) is 3.47. The van der Waals surface area contributed by atoms with Crippen LogP contribution in [0.1, 0.15) is 19.8 Å². The molecular formula is C11H20N2O5S. The van der Waals surface area contributed by atoms with Crippen molar-refractivity contribution in [3.63, 3.8) is 0 Å². The van der Waals surface area contributed by atoms with E-state index in [0.717, 1.165) is 0 Å². The van der Waals surface area contributed by atoms with Crippen LogP contribution < -0.4 is 0 Å². The molecule has 1 unspecified atom stereocenters. The van der Waals surface area contributed by atoms with Crippen LogP contribution in [0.15, 0.2) is 0 Å². The minimum Gasteiger partial charge on any atom is -0.481 e. The van der Waals surface area contributed by atoms with Gasteiger partial charge >= 0.3 is 5.97 Å². The Morgan fingerprint density at radius 1 is 1.42 bits per heavy atom. The number of carboxylic acid groups (broad SMARTS) is 1. The SMILES string of the molecule is CC(CN(C)C(=O)CCN1CCCS1(=O)=O)C(=O)O. The summed E-state index contributed by atoms with van der Waals surface area (Å²) in [5.74, 6) is -1.69. The number of rotatable bonds is 6. The Morgan fingerprint density at radius 2 is 2.05 bits per heavy atom. The summed E-state index contributed by atoms with van der Waals surface area (Å²) in [5.41, 5.74) is 0. The van der Waals surface area contributed by atoms with Gasteiger partial charge in [-0.25, -0.2) is 12.7 Å². The Hall–Kier alpha value is -1.15. The predicted molar refractivity (Wildman–Crippen MR) is 69.0 cm³/mol. The van der Waals surface area contributed by atoms with Gasteiger partial charge in [0.05, 0.1) is 11.7 Å². The van der Waals surface area contributed by atoms with Gasteiger partial charge in [-0.1, -0.05) is 6.92 Å². The van der Waals surface area contributed by atoms with Crippen LogP contribution in [-0.2, 0) is 19.6 Å². The van der Waals surface area contributed by atoms with Crippen molar-refractivity contribution in [1.29, 1.82) is 0 Å². The van der Waals surface area contributed by atoms with Crippen LogP contribution in [0.4, 0.5) is 0 Å². The number of sulfonamides is 1. The normalized spacial score (nSPS) is 20.1. The van der Waals surface area contributed by atoms with E-state index in [2.05, 4.69) is 0 Å². The molecule has 1 atom stereocenters. The van der Waals surface area contributed by atoms with Crippen molar-refractivity contribution in [2.75, 3.05) is 32.4 Å². The Balaban J connectivity index is 2.41. The van der Waals surface area contributed by atoms with Crippen LogP contribution in [0, 0.1) is 5.92 Å². The van der Waals surface area contributed by atoms with Gasteiger partial charge in [0.1, 0.15) is 0 Å². The summed E-state index contributed by atoms with van der Waals surface area (Å²) < 4.78 is 24.4. The minimum absolute atomic E-state index is 0.0854. The second-order valence-electron chi connectivity index (χ2n) is 4.83. The highest BCUT2D eigenvalue weighted by Gasteiger charge is 2.28. The number of carbonyl (C=O) groups is 2. The Labute approximate surface area is 113 Å². The van der Waals surface area contributed by atoms with Crippen LogP contribution in [0.5, 0.6) is 0 Å². The van der Waals surface area contributed by atoms with Gasteiger partial charge in [-0.15, -0.1) is 0 Å². The van der Waals surface area contributed by atoms with Crippen molar-refractivity contribution >= 4 is 21.9 Å². The molecule has 0 aromatic carbocycles. The third-order valence-corrected chi connectivity index (χ3v) is 5.13. The zero-order valence-electron chi connectivity index (χ0n) is 11.2. The van der Waals surface area contributed by atoms with Gasteiger partial charge in [0, 0.05) is 33.1 Å². The van der Waals surface area contributed by atoms with Crippen molar-refractivity contribution in [3.05, 3.63) is 0 Å². The van der Waals surface area contributed by atoms with E-state index >= 15 is 0 Å². The number of nitrogens with zero attached hydrogens (tertiary/aromatic N) is 2. The summed E-state index contributed by atoms with van der Waals surface area (Å²) in [6, 6.07) is 0. The average molecular weight is 292 g/mol. The maximum atomic E-state index is 11.8. The lowest BCUT2D eigenvalue weighted by molar-refractivity contribution is -0.142. The third-order valence-electron chi connectivity index (χ3n) is 3.17. The monoisotopic (exact) mass is 292 g/mol. The molecule has 0 aromatic rings. The molecule has 7 nitrogen and oxygen atoms in total. The lowest BCUT2D eigenvalue weighted by Gasteiger charge is -2.21. The fourth-order valence-electron chi connectivity index (χ4n) is 1.94. The van der Waals surface area contributed by atoms with E-state index in [1.807, 2.05) is 0 Å². The molecular weight excluding hydrogens is 272 g/mol. The standard InChI is InChI=1S/C11H20N2O5S/c1-9(11(15)16)8-12(2)10(14)4-6-13-5-3-7-19(13,17)18/h9H,3-8H2,1-2H3,(H,15,16). The molecule has 1 rings (SSSR count). The second-order valence-corrected chi connectivity index (χ2v) is 6.92. The predicted octanol–water partition coefficient (Wildman–Crippen LogP) is -0.409. The summed E-state index contributed by atoms with van der Waals surface area (Å²) in [6.45, 7) is 2.29. The molecule has 0 bridgehead atoms. The Kier molecular flexibility index (Phi) is 5.30. The minimum atomic E-state index is -3.18. The summed E-state index contributed by atoms with van der Waals surface area (Å²) in [6.07, 6.45) is 0.685. The quantitative estimate of drug-likeness (QED) is 0.718. The fraction of sp³-hybridized carbons (Fsp3) is 0.818. The van der Waals surface area contributed by atoms with Crippen molar-refractivity contribution in [1.82, 2.24) is 9.21 Å². The molecule has 0 aromatic heterocycles. The number of hydrogen-bond donors (Lipinski definition) is 1. The van der Waals surface area contributed by atoms with Crippen molar-refractivity contribution in [2.24, 2.45) is 5.92 Å². The van der Waals surface area contributed by atoms with Crippen LogP contribution in [0.3, 0.4) is 0 Å². The van der Waals surface area contributed by atoms with Gasteiger partial charge in [0.15, 0.2) is 0 Å². The molecule has 0 saturated carbocycles. The van der Waals surface area contributed by atoms with Crippen molar-refractivity contribution in [3.8, 4) is 0 Å². The Morgan fingerprint density at radius 3 is 2.53 bits per heavy atom. The van der Waals surface area contributed by atoms with Crippen LogP contribution >= 0.6 is 0 Å². The molecule has 8 heteroatoms. The lowest BCUT2D eigenvalue weighted by Crippen LogP contribution is -2.36. The second kappa shape index (κ2) is 6.33. The molecule has 110 valence electrons. The molecule has 0 radical (unpaired) electrons. The van der Waals surface area contributed by atoms with E-state index in [4.69, 9.17) is 5.11 Å². The van der Waals surface area contributed by atoms with Crippen LogP contribution in [0.25, 0.3) is 0 Å². The smallest absolute Gasteiger partial charge is 0.308 e. The molecule has 0 spiro atoms. The van der Waals surface area contributed by atoms with Gasteiger partial charge in [0.2, 0.25) is 15.9 Å². The van der Waals surface area contributed by atoms with E-state index < -0.39 is 21.9 Å². The lowest BCUT2D eigenvalue weighted by atomic mass is 10.1. The van der Waals surface area contributed by atoms with Gasteiger partial charge in [-0.2, -0.15) is 0 Å². The van der Waals surface area contributed by atoms with Crippen LogP contribution in [0.2, 0.25) is 0 Å². The van der Waals surface area contributed by atoms with Gasteiger partial charge in [0.25, 0.3) is 0 Å². The number of amides is 1. The molecule has 1 saturated heterocycles. The average Bonchev–Trinajstić information content (AvgIpc) is 2.64. The topological polar surface area (TPSA) is 95.0 Å². The number of aliphatic carboxylic acids is 1. The highest BCUT2D eigenvalue weighted by molar-refractivity contribution is 7.89. The van der Waals surface area contributed by atoms with E-state index in [9.17, 15) is 18.0 Å². The maximum absolute atomic E-state index is 11.8. The number of carboxylic acids is 1. The first-order valence-electron chi connectivity index (χ1n) is 6.18.